The Labute approximate surface area is 63.2 Å². The van der Waals surface area contributed by atoms with E-state index >= 15 is 0 Å². The highest BCUT2D eigenvalue weighted by Gasteiger charge is 2.15. The molecule has 0 bridgehead atoms. The molecular weight excluding hydrogens is 152 g/mol. The molecule has 9 heavy (non-hydrogen) atoms. The number of rotatable bonds is 4. The van der Waals surface area contributed by atoms with E-state index in [0.29, 0.717) is 0 Å². The second-order valence-electron chi connectivity index (χ2n) is 1.82. The van der Waals surface area contributed by atoms with Crippen molar-refractivity contribution in [2.75, 3.05) is 14.2 Å². The molecule has 1 atom stereocenters. The molecule has 1 unspecified atom stereocenters. The Kier molecular flexibility index (Phi) is 5.57. The average Bonchev–Trinajstić information content (AvgIpc) is 1.90. The Morgan fingerprint density at radius 2 is 1.89 bits per heavy atom. The van der Waals surface area contributed by atoms with Crippen LogP contribution in [-0.4, -0.2) is 28.1 Å². The van der Waals surface area contributed by atoms with Gasteiger partial charge < -0.3 is 9.47 Å². The van der Waals surface area contributed by atoms with Crippen molar-refractivity contribution in [3.63, 3.8) is 0 Å². The summed E-state index contributed by atoms with van der Waals surface area (Å²) in [6.45, 7) is 2.11. The average molecular weight is 166 g/mol. The van der Waals surface area contributed by atoms with Gasteiger partial charge in [-0.2, -0.15) is 12.1 Å². The van der Waals surface area contributed by atoms with E-state index in [9.17, 15) is 0 Å². The topological polar surface area (TPSA) is 18.5 Å². The highest BCUT2D eigenvalue weighted by atomic mass is 32.3. The molecule has 0 aliphatic carbocycles. The van der Waals surface area contributed by atoms with Crippen molar-refractivity contribution in [2.24, 2.45) is 0 Å². The first kappa shape index (κ1) is 9.49. The van der Waals surface area contributed by atoms with Gasteiger partial charge >= 0.3 is 0 Å². The molecule has 0 aromatic heterocycles. The molecule has 0 radical (unpaired) electrons. The molecule has 0 saturated carbocycles. The number of hydrogen-bond donors (Lipinski definition) is 1. The molecule has 0 aromatic carbocycles. The van der Waals surface area contributed by atoms with E-state index < -0.39 is 7.95 Å². The minimum atomic E-state index is -1.05. The minimum Gasteiger partial charge on any atom is -0.359 e. The predicted octanol–water partition coefficient (Wildman–Crippen LogP) is 0.818. The number of hydrogen-bond acceptors (Lipinski definition) is 3. The van der Waals surface area contributed by atoms with Gasteiger partial charge in [-0.1, -0.05) is 6.92 Å². The van der Waals surface area contributed by atoms with Crippen LogP contribution in [0.3, 0.4) is 0 Å². The fraction of sp³-hybridized carbons (Fsp3) is 1.00. The summed E-state index contributed by atoms with van der Waals surface area (Å²) >= 11 is 4.37. The first-order chi connectivity index (χ1) is 4.26. The lowest BCUT2D eigenvalue weighted by molar-refractivity contribution is -0.0449. The van der Waals surface area contributed by atoms with Gasteiger partial charge in [0.05, 0.1) is 0 Å². The van der Waals surface area contributed by atoms with Gasteiger partial charge in [-0.25, -0.2) is 0 Å². The SMILES string of the molecule is CC[SiH](S)C(OC)OC. The van der Waals surface area contributed by atoms with Gasteiger partial charge in [-0.05, 0) is 6.04 Å². The predicted molar refractivity (Wildman–Crippen MR) is 44.4 cm³/mol. The molecule has 0 aliphatic heterocycles. The molecule has 0 heterocycles. The van der Waals surface area contributed by atoms with Crippen LogP contribution in [0.25, 0.3) is 0 Å². The van der Waals surface area contributed by atoms with E-state index in [1.807, 2.05) is 0 Å². The van der Waals surface area contributed by atoms with Crippen LogP contribution in [0.4, 0.5) is 0 Å². The van der Waals surface area contributed by atoms with Crippen molar-refractivity contribution >= 4 is 20.0 Å². The molecule has 0 N–H and O–H groups in total. The van der Waals surface area contributed by atoms with Crippen LogP contribution in [0.2, 0.25) is 6.04 Å². The summed E-state index contributed by atoms with van der Waals surface area (Å²) in [6.07, 6.45) is 0. The highest BCUT2D eigenvalue weighted by Crippen LogP contribution is 2.05. The van der Waals surface area contributed by atoms with E-state index in [1.165, 1.54) is 0 Å². The van der Waals surface area contributed by atoms with E-state index in [-0.39, 0.29) is 5.91 Å². The summed E-state index contributed by atoms with van der Waals surface area (Å²) in [4.78, 5) is 0. The third kappa shape index (κ3) is 3.25. The molecule has 0 saturated heterocycles. The third-order valence-corrected chi connectivity index (χ3v) is 5.03. The van der Waals surface area contributed by atoms with Crippen molar-refractivity contribution in [2.45, 2.75) is 18.9 Å². The molecule has 0 rings (SSSR count). The molecule has 4 heteroatoms. The lowest BCUT2D eigenvalue weighted by Gasteiger charge is -2.16. The Morgan fingerprint density at radius 1 is 1.44 bits per heavy atom. The van der Waals surface area contributed by atoms with Gasteiger partial charge in [-0.3, -0.25) is 0 Å². The minimum absolute atomic E-state index is 0.0293. The molecule has 56 valence electrons. The Bertz CT molecular complexity index is 68.0. The maximum absolute atomic E-state index is 5.02. The fourth-order valence-corrected chi connectivity index (χ4v) is 2.35. The van der Waals surface area contributed by atoms with Gasteiger partial charge in [0.15, 0.2) is 7.95 Å². The van der Waals surface area contributed by atoms with E-state index in [4.69, 9.17) is 9.47 Å². The lowest BCUT2D eigenvalue weighted by Crippen LogP contribution is -2.28. The fourth-order valence-electron chi connectivity index (χ4n) is 0.603. The van der Waals surface area contributed by atoms with Crippen LogP contribution in [0.5, 0.6) is 0 Å². The lowest BCUT2D eigenvalue weighted by atomic mass is 11.0. The number of ether oxygens (including phenoxy) is 2. The van der Waals surface area contributed by atoms with Crippen molar-refractivity contribution in [3.8, 4) is 0 Å². The first-order valence-electron chi connectivity index (χ1n) is 2.99. The van der Waals surface area contributed by atoms with Crippen LogP contribution in [0.15, 0.2) is 0 Å². The normalized spacial score (nSPS) is 14.3. The van der Waals surface area contributed by atoms with Gasteiger partial charge in [0.1, 0.15) is 5.91 Å². The highest BCUT2D eigenvalue weighted by molar-refractivity contribution is 8.10. The standard InChI is InChI=1S/C5H14O2SSi/c1-4-9(8)5(6-2)7-3/h5,8-9H,4H2,1-3H3. The zero-order valence-electron chi connectivity index (χ0n) is 6.13. The second-order valence-corrected chi connectivity index (χ2v) is 6.30. The van der Waals surface area contributed by atoms with Crippen LogP contribution < -0.4 is 0 Å². The van der Waals surface area contributed by atoms with Crippen molar-refractivity contribution in [3.05, 3.63) is 0 Å². The maximum atomic E-state index is 5.02. The zero-order valence-corrected chi connectivity index (χ0v) is 8.17. The summed E-state index contributed by atoms with van der Waals surface area (Å²) < 4.78 is 10.0. The summed E-state index contributed by atoms with van der Waals surface area (Å²) in [5, 5.41) is 0. The number of methoxy groups -OCH3 is 2. The van der Waals surface area contributed by atoms with Gasteiger partial charge in [0, 0.05) is 14.2 Å². The van der Waals surface area contributed by atoms with Crippen LogP contribution in [0, 0.1) is 0 Å². The Hall–Kier alpha value is 0.487. The molecule has 0 amide bonds. The van der Waals surface area contributed by atoms with Crippen LogP contribution >= 0.6 is 12.1 Å². The van der Waals surface area contributed by atoms with Crippen LogP contribution in [-0.2, 0) is 9.47 Å². The Balaban J connectivity index is 3.50. The molecule has 0 aromatic rings. The van der Waals surface area contributed by atoms with Crippen molar-refractivity contribution in [1.82, 2.24) is 0 Å². The van der Waals surface area contributed by atoms with Gasteiger partial charge in [0.25, 0.3) is 0 Å². The monoisotopic (exact) mass is 166 g/mol. The summed E-state index contributed by atoms with van der Waals surface area (Å²) in [6, 6.07) is 1.09. The molecular formula is C5H14O2SSi. The van der Waals surface area contributed by atoms with Gasteiger partial charge in [-0.15, -0.1) is 0 Å². The van der Waals surface area contributed by atoms with E-state index in [2.05, 4.69) is 19.0 Å². The molecule has 0 aliphatic rings. The van der Waals surface area contributed by atoms with Crippen molar-refractivity contribution in [1.29, 1.82) is 0 Å². The first-order valence-corrected chi connectivity index (χ1v) is 6.54. The molecule has 2 nitrogen and oxygen atoms in total. The summed E-state index contributed by atoms with van der Waals surface area (Å²) in [7, 11) is 2.26. The molecule has 0 fully saturated rings. The van der Waals surface area contributed by atoms with Crippen LogP contribution in [0.1, 0.15) is 6.92 Å². The van der Waals surface area contributed by atoms with Gasteiger partial charge in [0.2, 0.25) is 0 Å². The van der Waals surface area contributed by atoms with E-state index in [0.717, 1.165) is 6.04 Å². The zero-order chi connectivity index (χ0) is 7.28. The smallest absolute Gasteiger partial charge is 0.162 e. The summed E-state index contributed by atoms with van der Waals surface area (Å²) in [5.41, 5.74) is 0. The number of thiol groups is 1. The second kappa shape index (κ2) is 5.29. The largest absolute Gasteiger partial charge is 0.359 e. The Morgan fingerprint density at radius 3 is 2.00 bits per heavy atom. The quantitative estimate of drug-likeness (QED) is 0.379. The molecule has 0 spiro atoms. The maximum Gasteiger partial charge on any atom is 0.162 e. The van der Waals surface area contributed by atoms with E-state index in [1.54, 1.807) is 14.2 Å². The summed E-state index contributed by atoms with van der Waals surface area (Å²) in [5.74, 6) is -0.0293. The van der Waals surface area contributed by atoms with Crippen molar-refractivity contribution < 1.29 is 9.47 Å². The third-order valence-electron chi connectivity index (χ3n) is 1.20.